The van der Waals surface area contributed by atoms with Gasteiger partial charge in [-0.2, -0.15) is 0 Å². The third-order valence-corrected chi connectivity index (χ3v) is 6.28. The Morgan fingerprint density at radius 3 is 2.15 bits per heavy atom. The fourth-order valence-corrected chi connectivity index (χ4v) is 4.72. The van der Waals surface area contributed by atoms with Gasteiger partial charge in [0.2, 0.25) is 0 Å². The average Bonchev–Trinajstić information content (AvgIpc) is 2.81. The molecule has 0 radical (unpaired) electrons. The van der Waals surface area contributed by atoms with Gasteiger partial charge in [-0.05, 0) is 57.3 Å². The van der Waals surface area contributed by atoms with Crippen LogP contribution in [0.3, 0.4) is 0 Å². The second-order valence-corrected chi connectivity index (χ2v) is 8.22. The molecule has 0 aromatic rings. The summed E-state index contributed by atoms with van der Waals surface area (Å²) >= 11 is 0. The molecule has 0 spiro atoms. The fraction of sp³-hybridized carbons (Fsp3) is 1.00. The Kier molecular flexibility index (Phi) is 6.14. The van der Waals surface area contributed by atoms with Crippen molar-refractivity contribution in [2.75, 3.05) is 14.1 Å². The summed E-state index contributed by atoms with van der Waals surface area (Å²) in [5.41, 5.74) is -0.475. The van der Waals surface area contributed by atoms with Crippen LogP contribution in [-0.2, 0) is 0 Å². The molecule has 0 amide bonds. The quantitative estimate of drug-likeness (QED) is 0.740. The van der Waals surface area contributed by atoms with Crippen LogP contribution < -0.4 is 17.0 Å². The summed E-state index contributed by atoms with van der Waals surface area (Å²) in [5.74, 6) is 1.55. The summed E-state index contributed by atoms with van der Waals surface area (Å²) in [7, 11) is 4.75. The third-order valence-electron chi connectivity index (χ3n) is 6.28. The zero-order chi connectivity index (χ0) is 14.3. The van der Waals surface area contributed by atoms with Gasteiger partial charge in [-0.3, -0.25) is 0 Å². The predicted molar refractivity (Wildman–Crippen MR) is 81.0 cm³/mol. The molecule has 0 heterocycles. The molecule has 0 aliphatic heterocycles. The second-order valence-electron chi connectivity index (χ2n) is 8.22. The lowest BCUT2D eigenvalue weighted by Crippen LogP contribution is -3.00. The first kappa shape index (κ1) is 18.4. The van der Waals surface area contributed by atoms with Gasteiger partial charge < -0.3 is 26.6 Å². The monoisotopic (exact) mass is 347 g/mol. The van der Waals surface area contributed by atoms with E-state index in [1.807, 2.05) is 0 Å². The summed E-state index contributed by atoms with van der Waals surface area (Å²) < 4.78 is 1.04. The van der Waals surface area contributed by atoms with Crippen LogP contribution in [-0.4, -0.2) is 41.4 Å². The van der Waals surface area contributed by atoms with Crippen LogP contribution >= 0.6 is 0 Å². The highest BCUT2D eigenvalue weighted by Crippen LogP contribution is 2.43. The molecule has 3 unspecified atom stereocenters. The molecule has 2 fully saturated rings. The van der Waals surface area contributed by atoms with E-state index in [9.17, 15) is 5.11 Å². The SMILES string of the molecule is CC(C)C1CCC(C)(O)C([N+](C)(C)C2CCCC2)C1.[Br-]. The topological polar surface area (TPSA) is 20.2 Å². The first-order valence-corrected chi connectivity index (χ1v) is 8.31. The van der Waals surface area contributed by atoms with Gasteiger partial charge in [0.15, 0.2) is 0 Å². The Hall–Kier alpha value is 0.400. The van der Waals surface area contributed by atoms with Gasteiger partial charge in [-0.25, -0.2) is 0 Å². The number of hydrogen-bond donors (Lipinski definition) is 1. The zero-order valence-corrected chi connectivity index (χ0v) is 15.6. The second kappa shape index (κ2) is 6.66. The number of halogens is 1. The average molecular weight is 348 g/mol. The van der Waals surface area contributed by atoms with Gasteiger partial charge in [0, 0.05) is 6.42 Å². The molecule has 0 bridgehead atoms. The highest BCUT2D eigenvalue weighted by atomic mass is 79.9. The smallest absolute Gasteiger partial charge is 0.118 e. The van der Waals surface area contributed by atoms with E-state index in [0.29, 0.717) is 6.04 Å². The Balaban J connectivity index is 0.00000200. The summed E-state index contributed by atoms with van der Waals surface area (Å²) in [6.07, 6.45) is 8.86. The van der Waals surface area contributed by atoms with Crippen molar-refractivity contribution < 1.29 is 26.6 Å². The van der Waals surface area contributed by atoms with Crippen LogP contribution in [0.1, 0.15) is 65.7 Å². The van der Waals surface area contributed by atoms with Gasteiger partial charge in [-0.15, -0.1) is 0 Å². The highest BCUT2D eigenvalue weighted by molar-refractivity contribution is 4.92. The van der Waals surface area contributed by atoms with E-state index in [0.717, 1.165) is 28.8 Å². The van der Waals surface area contributed by atoms with Crippen molar-refractivity contribution in [3.8, 4) is 0 Å². The lowest BCUT2D eigenvalue weighted by atomic mass is 9.70. The third kappa shape index (κ3) is 3.59. The normalized spacial score (nSPS) is 36.1. The summed E-state index contributed by atoms with van der Waals surface area (Å²) in [4.78, 5) is 0. The van der Waals surface area contributed by atoms with Crippen LogP contribution in [0.15, 0.2) is 0 Å². The molecule has 2 rings (SSSR count). The van der Waals surface area contributed by atoms with E-state index in [1.165, 1.54) is 38.5 Å². The van der Waals surface area contributed by atoms with Crippen LogP contribution in [0.4, 0.5) is 0 Å². The number of nitrogens with zero attached hydrogens (tertiary/aromatic N) is 1. The van der Waals surface area contributed by atoms with Crippen LogP contribution in [0.25, 0.3) is 0 Å². The van der Waals surface area contributed by atoms with E-state index in [2.05, 4.69) is 34.9 Å². The summed E-state index contributed by atoms with van der Waals surface area (Å²) in [6, 6.07) is 1.18. The molecule has 20 heavy (non-hydrogen) atoms. The Labute approximate surface area is 136 Å². The Morgan fingerprint density at radius 1 is 1.10 bits per heavy atom. The van der Waals surface area contributed by atoms with Gasteiger partial charge in [-0.1, -0.05) is 13.8 Å². The fourth-order valence-electron chi connectivity index (χ4n) is 4.72. The zero-order valence-electron chi connectivity index (χ0n) is 14.0. The lowest BCUT2D eigenvalue weighted by molar-refractivity contribution is -0.946. The van der Waals surface area contributed by atoms with Crippen molar-refractivity contribution in [1.82, 2.24) is 0 Å². The largest absolute Gasteiger partial charge is 1.00 e. The van der Waals surface area contributed by atoms with Crippen molar-refractivity contribution in [3.63, 3.8) is 0 Å². The molecule has 120 valence electrons. The van der Waals surface area contributed by atoms with Crippen molar-refractivity contribution in [3.05, 3.63) is 0 Å². The molecule has 2 saturated carbocycles. The van der Waals surface area contributed by atoms with Crippen molar-refractivity contribution in [1.29, 1.82) is 0 Å². The first-order valence-electron chi connectivity index (χ1n) is 8.31. The standard InChI is InChI=1S/C17H34NO.BrH/c1-13(2)14-10-11-17(3,19)16(12-14)18(4,5)15-8-6-7-9-15;/h13-16,19H,6-12H2,1-5H3;1H/q+1;/p-1. The molecule has 2 aliphatic carbocycles. The van der Waals surface area contributed by atoms with E-state index in [1.54, 1.807) is 0 Å². The summed E-state index contributed by atoms with van der Waals surface area (Å²) in [5, 5.41) is 10.9. The van der Waals surface area contributed by atoms with Gasteiger partial charge in [0.25, 0.3) is 0 Å². The molecule has 0 saturated heterocycles. The molecule has 3 atom stereocenters. The van der Waals surface area contributed by atoms with E-state index < -0.39 is 5.60 Å². The number of likely N-dealkylation sites (N-methyl/N-ethyl adjacent to an activating group) is 1. The van der Waals surface area contributed by atoms with E-state index in [-0.39, 0.29) is 17.0 Å². The molecular formula is C17H34BrNO. The van der Waals surface area contributed by atoms with Crippen LogP contribution in [0.2, 0.25) is 0 Å². The van der Waals surface area contributed by atoms with Crippen LogP contribution in [0.5, 0.6) is 0 Å². The van der Waals surface area contributed by atoms with Crippen LogP contribution in [0, 0.1) is 11.8 Å². The molecule has 1 N–H and O–H groups in total. The maximum atomic E-state index is 10.9. The number of aliphatic hydroxyl groups is 1. The first-order chi connectivity index (χ1) is 8.75. The van der Waals surface area contributed by atoms with Gasteiger partial charge in [0.1, 0.15) is 11.6 Å². The molecule has 2 nitrogen and oxygen atoms in total. The molecule has 0 aromatic carbocycles. The number of hydrogen-bond acceptors (Lipinski definition) is 1. The van der Waals surface area contributed by atoms with E-state index in [4.69, 9.17) is 0 Å². The van der Waals surface area contributed by atoms with Gasteiger partial charge in [0.05, 0.1) is 20.1 Å². The van der Waals surface area contributed by atoms with Crippen molar-refractivity contribution in [2.45, 2.75) is 83.4 Å². The Bertz CT molecular complexity index is 308. The lowest BCUT2D eigenvalue weighted by Gasteiger charge is -2.52. The molecule has 0 aromatic heterocycles. The van der Waals surface area contributed by atoms with Crippen molar-refractivity contribution in [2.24, 2.45) is 11.8 Å². The minimum Gasteiger partial charge on any atom is -1.00 e. The minimum absolute atomic E-state index is 0. The highest BCUT2D eigenvalue weighted by Gasteiger charge is 2.50. The van der Waals surface area contributed by atoms with Gasteiger partial charge >= 0.3 is 0 Å². The molecular weight excluding hydrogens is 314 g/mol. The van der Waals surface area contributed by atoms with E-state index >= 15 is 0 Å². The van der Waals surface area contributed by atoms with Crippen molar-refractivity contribution >= 4 is 0 Å². The number of quaternary nitrogens is 1. The predicted octanol–water partition coefficient (Wildman–Crippen LogP) is 0.585. The molecule has 2 aliphatic rings. The summed E-state index contributed by atoms with van der Waals surface area (Å²) in [6.45, 7) is 6.78. The Morgan fingerprint density at radius 2 is 1.65 bits per heavy atom. The minimum atomic E-state index is -0.475. The maximum Gasteiger partial charge on any atom is 0.118 e. The molecule has 3 heteroatoms. The number of rotatable bonds is 3. The maximum absolute atomic E-state index is 10.9.